The third kappa shape index (κ3) is 2.80. The van der Waals surface area contributed by atoms with Gasteiger partial charge in [-0.25, -0.2) is 0 Å². The van der Waals surface area contributed by atoms with E-state index in [0.717, 1.165) is 27.7 Å². The molecule has 4 aromatic rings. The van der Waals surface area contributed by atoms with Gasteiger partial charge in [0, 0.05) is 29.8 Å². The molecule has 0 radical (unpaired) electrons. The molecule has 1 aliphatic rings. The first-order chi connectivity index (χ1) is 14.6. The van der Waals surface area contributed by atoms with Gasteiger partial charge in [0.1, 0.15) is 11.4 Å². The van der Waals surface area contributed by atoms with Gasteiger partial charge in [0.25, 0.3) is 0 Å². The average molecular weight is 395 g/mol. The highest BCUT2D eigenvalue weighted by Gasteiger charge is 2.48. The predicted octanol–water partition coefficient (Wildman–Crippen LogP) is 2.83. The minimum absolute atomic E-state index is 0.0576. The van der Waals surface area contributed by atoms with Crippen LogP contribution in [-0.2, 0) is 12.6 Å². The molecule has 0 unspecified atom stereocenters. The zero-order chi connectivity index (χ0) is 20.7. The highest BCUT2D eigenvalue weighted by molar-refractivity contribution is 5.96. The van der Waals surface area contributed by atoms with Crippen LogP contribution in [0.4, 0.5) is 0 Å². The lowest BCUT2D eigenvalue weighted by molar-refractivity contribution is 0.0713. The molecule has 0 aliphatic heterocycles. The van der Waals surface area contributed by atoms with Crippen molar-refractivity contribution in [1.29, 1.82) is 10.5 Å². The number of aromatic nitrogens is 7. The standard InChI is InChI=1S/C21H17N9/c1-29-13-20(26-28-29)15-7-17(16-3-2-6-24-18(16)8-15)19-12-25-30(27-19)21(4-5-22)9-14(10-21)11-23/h2-3,6-8,12-14H,4,9-10H2,1H3/t14-,21-. The molecule has 0 bridgehead atoms. The molecule has 1 fully saturated rings. The van der Waals surface area contributed by atoms with Crippen LogP contribution in [0.3, 0.4) is 0 Å². The second-order valence-electron chi connectivity index (χ2n) is 7.68. The van der Waals surface area contributed by atoms with E-state index in [4.69, 9.17) is 5.10 Å². The van der Waals surface area contributed by atoms with Crippen molar-refractivity contribution in [2.75, 3.05) is 0 Å². The Morgan fingerprint density at radius 1 is 1.23 bits per heavy atom. The van der Waals surface area contributed by atoms with Crippen molar-refractivity contribution in [3.05, 3.63) is 42.9 Å². The number of pyridine rings is 1. The van der Waals surface area contributed by atoms with Gasteiger partial charge in [0.05, 0.1) is 47.9 Å². The van der Waals surface area contributed by atoms with Crippen molar-refractivity contribution in [3.8, 4) is 34.7 Å². The van der Waals surface area contributed by atoms with Gasteiger partial charge in [0.2, 0.25) is 0 Å². The zero-order valence-corrected chi connectivity index (χ0v) is 16.3. The van der Waals surface area contributed by atoms with E-state index < -0.39 is 5.54 Å². The van der Waals surface area contributed by atoms with Crippen molar-refractivity contribution in [3.63, 3.8) is 0 Å². The van der Waals surface area contributed by atoms with E-state index in [9.17, 15) is 10.5 Å². The van der Waals surface area contributed by atoms with Crippen LogP contribution in [0.1, 0.15) is 19.3 Å². The first-order valence-corrected chi connectivity index (χ1v) is 9.57. The average Bonchev–Trinajstić information content (AvgIpc) is 3.39. The predicted molar refractivity (Wildman–Crippen MR) is 107 cm³/mol. The summed E-state index contributed by atoms with van der Waals surface area (Å²) in [5.74, 6) is -0.0576. The van der Waals surface area contributed by atoms with E-state index >= 15 is 0 Å². The summed E-state index contributed by atoms with van der Waals surface area (Å²) in [7, 11) is 1.82. The molecule has 0 spiro atoms. The van der Waals surface area contributed by atoms with Crippen LogP contribution in [0, 0.1) is 28.6 Å². The number of rotatable bonds is 4. The fourth-order valence-electron chi connectivity index (χ4n) is 4.11. The fourth-order valence-corrected chi connectivity index (χ4v) is 4.11. The van der Waals surface area contributed by atoms with Crippen LogP contribution in [0.5, 0.6) is 0 Å². The lowest BCUT2D eigenvalue weighted by Gasteiger charge is -2.42. The Morgan fingerprint density at radius 3 is 2.83 bits per heavy atom. The molecule has 3 heterocycles. The van der Waals surface area contributed by atoms with E-state index in [2.05, 4.69) is 32.5 Å². The van der Waals surface area contributed by atoms with Crippen LogP contribution >= 0.6 is 0 Å². The molecule has 0 amide bonds. The van der Waals surface area contributed by atoms with E-state index in [0.29, 0.717) is 18.5 Å². The monoisotopic (exact) mass is 395 g/mol. The van der Waals surface area contributed by atoms with Crippen molar-refractivity contribution < 1.29 is 0 Å². The topological polar surface area (TPSA) is 122 Å². The second kappa shape index (κ2) is 6.75. The summed E-state index contributed by atoms with van der Waals surface area (Å²) < 4.78 is 1.65. The number of aryl methyl sites for hydroxylation is 1. The zero-order valence-electron chi connectivity index (χ0n) is 16.3. The maximum Gasteiger partial charge on any atom is 0.113 e. The highest BCUT2D eigenvalue weighted by atomic mass is 15.5. The van der Waals surface area contributed by atoms with Gasteiger partial charge in [-0.1, -0.05) is 11.3 Å². The summed E-state index contributed by atoms with van der Waals surface area (Å²) in [6.07, 6.45) is 6.77. The minimum atomic E-state index is -0.510. The quantitative estimate of drug-likeness (QED) is 0.520. The molecule has 146 valence electrons. The maximum atomic E-state index is 9.29. The summed E-state index contributed by atoms with van der Waals surface area (Å²) in [5.41, 5.74) is 3.52. The molecule has 9 nitrogen and oxygen atoms in total. The summed E-state index contributed by atoms with van der Waals surface area (Å²) in [6.45, 7) is 0. The number of hydrogen-bond donors (Lipinski definition) is 0. The summed E-state index contributed by atoms with van der Waals surface area (Å²) >= 11 is 0. The lowest BCUT2D eigenvalue weighted by Crippen LogP contribution is -2.47. The molecule has 9 heteroatoms. The van der Waals surface area contributed by atoms with Gasteiger partial charge >= 0.3 is 0 Å². The molecular weight excluding hydrogens is 378 g/mol. The molecule has 1 aromatic carbocycles. The molecule has 0 N–H and O–H groups in total. The Morgan fingerprint density at radius 2 is 2.10 bits per heavy atom. The van der Waals surface area contributed by atoms with Gasteiger partial charge in [0.15, 0.2) is 0 Å². The number of hydrogen-bond acceptors (Lipinski definition) is 7. The van der Waals surface area contributed by atoms with E-state index in [1.165, 1.54) is 0 Å². The van der Waals surface area contributed by atoms with Crippen LogP contribution in [-0.4, -0.2) is 35.0 Å². The second-order valence-corrected chi connectivity index (χ2v) is 7.68. The molecule has 3 aromatic heterocycles. The number of nitriles is 2. The Bertz CT molecular complexity index is 1330. The molecule has 5 rings (SSSR count). The molecule has 1 saturated carbocycles. The van der Waals surface area contributed by atoms with Crippen LogP contribution < -0.4 is 0 Å². The SMILES string of the molecule is Cn1cc(-c2cc(-c3cnn([C@]4(CC#N)C[C@@H](C#N)C4)n3)c3cccnc3c2)nn1. The van der Waals surface area contributed by atoms with Gasteiger partial charge in [-0.2, -0.15) is 25.5 Å². The first kappa shape index (κ1) is 18.0. The van der Waals surface area contributed by atoms with Crippen LogP contribution in [0.2, 0.25) is 0 Å². The van der Waals surface area contributed by atoms with E-state index in [1.807, 2.05) is 37.5 Å². The van der Waals surface area contributed by atoms with Crippen molar-refractivity contribution in [1.82, 2.24) is 35.0 Å². The highest BCUT2D eigenvalue weighted by Crippen LogP contribution is 2.45. The van der Waals surface area contributed by atoms with Gasteiger partial charge in [-0.05, 0) is 31.0 Å². The van der Waals surface area contributed by atoms with Gasteiger partial charge < -0.3 is 0 Å². The molecule has 1 aliphatic carbocycles. The Labute approximate surface area is 172 Å². The molecule has 0 atom stereocenters. The smallest absolute Gasteiger partial charge is 0.113 e. The molecular formula is C21H17N9. The largest absolute Gasteiger partial charge is 0.256 e. The third-order valence-electron chi connectivity index (χ3n) is 5.65. The Balaban J connectivity index is 1.62. The van der Waals surface area contributed by atoms with Crippen LogP contribution in [0.25, 0.3) is 33.4 Å². The van der Waals surface area contributed by atoms with Crippen LogP contribution in [0.15, 0.2) is 42.9 Å². The summed E-state index contributed by atoms with van der Waals surface area (Å²) in [4.78, 5) is 6.13. The maximum absolute atomic E-state index is 9.29. The number of nitrogens with zero attached hydrogens (tertiary/aromatic N) is 9. The molecule has 30 heavy (non-hydrogen) atoms. The van der Waals surface area contributed by atoms with Gasteiger partial charge in [-0.3, -0.25) is 9.67 Å². The van der Waals surface area contributed by atoms with Crippen molar-refractivity contribution >= 4 is 10.9 Å². The minimum Gasteiger partial charge on any atom is -0.256 e. The summed E-state index contributed by atoms with van der Waals surface area (Å²) in [5, 5.41) is 36.9. The first-order valence-electron chi connectivity index (χ1n) is 9.57. The normalized spacial score (nSPS) is 20.4. The molecule has 0 saturated heterocycles. The number of benzene rings is 1. The van der Waals surface area contributed by atoms with Crippen molar-refractivity contribution in [2.45, 2.75) is 24.8 Å². The fraction of sp³-hybridized carbons (Fsp3) is 0.286. The third-order valence-corrected chi connectivity index (χ3v) is 5.65. The number of fused-ring (bicyclic) bond motifs is 1. The van der Waals surface area contributed by atoms with Crippen molar-refractivity contribution in [2.24, 2.45) is 13.0 Å². The Hall–Kier alpha value is -4.11. The van der Waals surface area contributed by atoms with E-state index in [-0.39, 0.29) is 12.3 Å². The van der Waals surface area contributed by atoms with E-state index in [1.54, 1.807) is 21.9 Å². The van der Waals surface area contributed by atoms with Gasteiger partial charge in [-0.15, -0.1) is 5.10 Å². The lowest BCUT2D eigenvalue weighted by atomic mass is 9.68. The summed E-state index contributed by atoms with van der Waals surface area (Å²) in [6, 6.07) is 12.4. The Kier molecular flexibility index (Phi) is 4.04.